The van der Waals surface area contributed by atoms with Crippen molar-refractivity contribution >= 4 is 58.5 Å². The summed E-state index contributed by atoms with van der Waals surface area (Å²) in [6.45, 7) is 3.87. The van der Waals surface area contributed by atoms with Gasteiger partial charge in [0.15, 0.2) is 0 Å². The molecule has 0 saturated carbocycles. The lowest BCUT2D eigenvalue weighted by molar-refractivity contribution is -0.114. The number of hydrogen-bond donors (Lipinski definition) is 3. The molecule has 0 atom stereocenters. The molecule has 0 aliphatic carbocycles. The van der Waals surface area contributed by atoms with Gasteiger partial charge in [-0.2, -0.15) is 0 Å². The third-order valence-corrected chi connectivity index (χ3v) is 7.24. The summed E-state index contributed by atoms with van der Waals surface area (Å²) in [7, 11) is 0. The van der Waals surface area contributed by atoms with Gasteiger partial charge in [-0.1, -0.05) is 71.8 Å². The second kappa shape index (κ2) is 13.6. The van der Waals surface area contributed by atoms with E-state index in [1.54, 1.807) is 60.7 Å². The van der Waals surface area contributed by atoms with Crippen LogP contribution in [0.2, 0.25) is 5.02 Å². The quantitative estimate of drug-likeness (QED) is 0.148. The van der Waals surface area contributed by atoms with E-state index in [0.29, 0.717) is 22.0 Å². The monoisotopic (exact) mass is 569 g/mol. The van der Waals surface area contributed by atoms with E-state index in [1.807, 2.05) is 56.3 Å². The molecule has 0 heterocycles. The third kappa shape index (κ3) is 8.33. The van der Waals surface area contributed by atoms with Crippen LogP contribution in [0.1, 0.15) is 27.0 Å². The minimum Gasteiger partial charge on any atom is -0.325 e. The highest BCUT2D eigenvalue weighted by Gasteiger charge is 2.15. The number of carbonyl (C=O) groups is 3. The van der Waals surface area contributed by atoms with Crippen molar-refractivity contribution in [2.24, 2.45) is 0 Å². The van der Waals surface area contributed by atoms with E-state index < -0.39 is 5.91 Å². The van der Waals surface area contributed by atoms with Crippen LogP contribution in [0.15, 0.2) is 108 Å². The van der Waals surface area contributed by atoms with E-state index in [0.717, 1.165) is 21.6 Å². The first-order valence-corrected chi connectivity index (χ1v) is 13.9. The fourth-order valence-corrected chi connectivity index (χ4v) is 4.59. The number of nitrogens with one attached hydrogen (secondary N) is 3. The van der Waals surface area contributed by atoms with Gasteiger partial charge in [0, 0.05) is 26.9 Å². The van der Waals surface area contributed by atoms with Crippen LogP contribution < -0.4 is 16.0 Å². The Morgan fingerprint density at radius 2 is 1.52 bits per heavy atom. The molecule has 0 spiro atoms. The molecule has 4 aromatic rings. The maximum atomic E-state index is 13.3. The summed E-state index contributed by atoms with van der Waals surface area (Å²) >= 11 is 7.48. The molecule has 4 rings (SSSR count). The van der Waals surface area contributed by atoms with Crippen molar-refractivity contribution in [1.82, 2.24) is 5.32 Å². The highest BCUT2D eigenvalue weighted by atomic mass is 35.5. The Morgan fingerprint density at radius 1 is 0.800 bits per heavy atom. The first-order valence-electron chi connectivity index (χ1n) is 12.5. The zero-order chi connectivity index (χ0) is 28.5. The van der Waals surface area contributed by atoms with E-state index in [-0.39, 0.29) is 23.3 Å². The molecule has 0 aliphatic heterocycles. The standard InChI is InChI=1S/C32H28ClN3O3S/c1-21-11-14-23(15-12-21)17-29(36-31(38)24-7-4-3-5-8-24)32(39)35-25-9-6-10-27(18-25)40-20-30(37)34-26-16-13-22(2)28(33)19-26/h3-19H,20H2,1-2H3,(H,34,37)(H,35,39)(H,36,38)/b29-17-. The molecule has 3 N–H and O–H groups in total. The van der Waals surface area contributed by atoms with Crippen LogP contribution in [0.4, 0.5) is 11.4 Å². The highest BCUT2D eigenvalue weighted by molar-refractivity contribution is 8.00. The van der Waals surface area contributed by atoms with Gasteiger partial charge in [0.25, 0.3) is 11.8 Å². The van der Waals surface area contributed by atoms with E-state index in [2.05, 4.69) is 16.0 Å². The minimum absolute atomic E-state index is 0.104. The molecule has 40 heavy (non-hydrogen) atoms. The number of halogens is 1. The van der Waals surface area contributed by atoms with E-state index in [4.69, 9.17) is 11.6 Å². The topological polar surface area (TPSA) is 87.3 Å². The molecule has 6 nitrogen and oxygen atoms in total. The summed E-state index contributed by atoms with van der Waals surface area (Å²) in [5.74, 6) is -0.860. The number of benzene rings is 4. The Hall–Kier alpha value is -4.33. The fourth-order valence-electron chi connectivity index (χ4n) is 3.65. The van der Waals surface area contributed by atoms with Crippen LogP contribution in [0.3, 0.4) is 0 Å². The molecular formula is C32H28ClN3O3S. The third-order valence-electron chi connectivity index (χ3n) is 5.83. The fraction of sp³-hybridized carbons (Fsp3) is 0.0938. The number of rotatable bonds is 9. The molecule has 0 fully saturated rings. The molecule has 0 bridgehead atoms. The number of hydrogen-bond acceptors (Lipinski definition) is 4. The maximum absolute atomic E-state index is 13.3. The van der Waals surface area contributed by atoms with E-state index >= 15 is 0 Å². The summed E-state index contributed by atoms with van der Waals surface area (Å²) in [5, 5.41) is 9.03. The normalized spacial score (nSPS) is 11.0. The number of amides is 3. The zero-order valence-corrected chi connectivity index (χ0v) is 23.6. The summed E-state index contributed by atoms with van der Waals surface area (Å²) < 4.78 is 0. The van der Waals surface area contributed by atoms with Crippen LogP contribution in [-0.4, -0.2) is 23.5 Å². The molecular weight excluding hydrogens is 542 g/mol. The van der Waals surface area contributed by atoms with E-state index in [1.165, 1.54) is 11.8 Å². The molecule has 0 radical (unpaired) electrons. The van der Waals surface area contributed by atoms with Crippen molar-refractivity contribution in [2.45, 2.75) is 18.7 Å². The first kappa shape index (κ1) is 28.7. The largest absolute Gasteiger partial charge is 0.325 e. The molecule has 202 valence electrons. The Morgan fingerprint density at radius 3 is 2.25 bits per heavy atom. The Kier molecular flexibility index (Phi) is 9.78. The SMILES string of the molecule is Cc1ccc(/C=C(\NC(=O)c2ccccc2)C(=O)Nc2cccc(SCC(=O)Nc3ccc(C)c(Cl)c3)c2)cc1. The van der Waals surface area contributed by atoms with Crippen LogP contribution in [0, 0.1) is 13.8 Å². The zero-order valence-electron chi connectivity index (χ0n) is 22.0. The summed E-state index contributed by atoms with van der Waals surface area (Å²) in [4.78, 5) is 39.4. The van der Waals surface area contributed by atoms with Crippen LogP contribution in [0.25, 0.3) is 6.08 Å². The second-order valence-electron chi connectivity index (χ2n) is 9.07. The van der Waals surface area contributed by atoms with Crippen molar-refractivity contribution in [3.63, 3.8) is 0 Å². The first-order chi connectivity index (χ1) is 19.3. The second-order valence-corrected chi connectivity index (χ2v) is 10.5. The molecule has 0 unspecified atom stereocenters. The summed E-state index contributed by atoms with van der Waals surface area (Å²) in [5.41, 5.74) is 4.50. The Balaban J connectivity index is 1.44. The van der Waals surface area contributed by atoms with Gasteiger partial charge in [-0.15, -0.1) is 11.8 Å². The van der Waals surface area contributed by atoms with Gasteiger partial charge < -0.3 is 16.0 Å². The van der Waals surface area contributed by atoms with Gasteiger partial charge >= 0.3 is 0 Å². The van der Waals surface area contributed by atoms with Crippen LogP contribution in [0.5, 0.6) is 0 Å². The lowest BCUT2D eigenvalue weighted by atomic mass is 10.1. The average molecular weight is 570 g/mol. The lowest BCUT2D eigenvalue weighted by Gasteiger charge is -2.12. The Labute approximate surface area is 242 Å². The lowest BCUT2D eigenvalue weighted by Crippen LogP contribution is -2.30. The van der Waals surface area contributed by atoms with Crippen molar-refractivity contribution in [2.75, 3.05) is 16.4 Å². The molecule has 0 aliphatic rings. The van der Waals surface area contributed by atoms with Gasteiger partial charge in [0.05, 0.1) is 5.75 Å². The van der Waals surface area contributed by atoms with Crippen molar-refractivity contribution in [3.05, 3.63) is 130 Å². The number of anilines is 2. The smallest absolute Gasteiger partial charge is 0.272 e. The van der Waals surface area contributed by atoms with Crippen LogP contribution in [-0.2, 0) is 9.59 Å². The molecule has 3 amide bonds. The number of aryl methyl sites for hydroxylation is 2. The van der Waals surface area contributed by atoms with E-state index in [9.17, 15) is 14.4 Å². The molecule has 0 saturated heterocycles. The predicted molar refractivity (Wildman–Crippen MR) is 164 cm³/mol. The maximum Gasteiger partial charge on any atom is 0.272 e. The average Bonchev–Trinajstić information content (AvgIpc) is 2.95. The Bertz CT molecular complexity index is 1550. The predicted octanol–water partition coefficient (Wildman–Crippen LogP) is 7.10. The molecule has 4 aromatic carbocycles. The highest BCUT2D eigenvalue weighted by Crippen LogP contribution is 2.24. The van der Waals surface area contributed by atoms with Gasteiger partial charge in [-0.3, -0.25) is 14.4 Å². The summed E-state index contributed by atoms with van der Waals surface area (Å²) in [6, 6.07) is 28.9. The minimum atomic E-state index is -0.471. The number of carbonyl (C=O) groups excluding carboxylic acids is 3. The summed E-state index contributed by atoms with van der Waals surface area (Å²) in [6.07, 6.45) is 1.63. The molecule has 0 aromatic heterocycles. The van der Waals surface area contributed by atoms with Crippen molar-refractivity contribution in [1.29, 1.82) is 0 Å². The van der Waals surface area contributed by atoms with Crippen molar-refractivity contribution < 1.29 is 14.4 Å². The van der Waals surface area contributed by atoms with Crippen LogP contribution >= 0.6 is 23.4 Å². The van der Waals surface area contributed by atoms with Gasteiger partial charge in [0.1, 0.15) is 5.70 Å². The molecule has 8 heteroatoms. The van der Waals surface area contributed by atoms with Gasteiger partial charge in [0.2, 0.25) is 5.91 Å². The van der Waals surface area contributed by atoms with Crippen molar-refractivity contribution in [3.8, 4) is 0 Å². The van der Waals surface area contributed by atoms with Gasteiger partial charge in [-0.25, -0.2) is 0 Å². The number of thioether (sulfide) groups is 1. The van der Waals surface area contributed by atoms with Gasteiger partial charge in [-0.05, 0) is 73.5 Å².